The fraction of sp³-hybridized carbons (Fsp3) is 0.167. The summed E-state index contributed by atoms with van der Waals surface area (Å²) < 4.78 is 0. The molecule has 0 fully saturated rings. The van der Waals surface area contributed by atoms with Crippen LogP contribution in [-0.2, 0) is 4.79 Å². The molecule has 0 saturated heterocycles. The maximum atomic E-state index is 10.6. The standard InChI is InChI=1S/C6H3N2O/c7-4-5-6(9)2-1-3-8-5/h3H,2H2. The minimum Gasteiger partial charge on any atom is -0.291 e. The van der Waals surface area contributed by atoms with E-state index >= 15 is 0 Å². The largest absolute Gasteiger partial charge is 0.291 e. The Hall–Kier alpha value is -1.43. The molecule has 1 heterocycles. The molecule has 0 spiro atoms. The van der Waals surface area contributed by atoms with Gasteiger partial charge in [-0.05, 0) is 6.08 Å². The molecule has 1 aliphatic heterocycles. The Morgan fingerprint density at radius 3 is 3.11 bits per heavy atom. The summed E-state index contributed by atoms with van der Waals surface area (Å²) in [6.07, 6.45) is 4.12. The van der Waals surface area contributed by atoms with Crippen LogP contribution in [0.1, 0.15) is 6.42 Å². The number of Topliss-reactive ketones (excluding diaryl/α,β-unsaturated/α-hetero) is 1. The molecule has 0 aromatic carbocycles. The van der Waals surface area contributed by atoms with Crippen LogP contribution in [0.4, 0.5) is 0 Å². The van der Waals surface area contributed by atoms with Crippen LogP contribution < -0.4 is 0 Å². The Balaban J connectivity index is 2.91. The first kappa shape index (κ1) is 5.70. The number of nitrogens with zero attached hydrogens (tertiary/aromatic N) is 2. The summed E-state index contributed by atoms with van der Waals surface area (Å²) in [6, 6.07) is 1.68. The van der Waals surface area contributed by atoms with Gasteiger partial charge in [0, 0.05) is 12.6 Å². The van der Waals surface area contributed by atoms with Gasteiger partial charge in [-0.15, -0.1) is 0 Å². The van der Waals surface area contributed by atoms with Crippen molar-refractivity contribution in [1.29, 1.82) is 5.26 Å². The molecule has 0 amide bonds. The van der Waals surface area contributed by atoms with Crippen LogP contribution >= 0.6 is 0 Å². The zero-order valence-corrected chi connectivity index (χ0v) is 4.59. The summed E-state index contributed by atoms with van der Waals surface area (Å²) in [5.74, 6) is -0.250. The van der Waals surface area contributed by atoms with Gasteiger partial charge in [0.25, 0.3) is 0 Å². The molecule has 0 unspecified atom stereocenters. The second-order valence-electron chi connectivity index (χ2n) is 1.52. The van der Waals surface area contributed by atoms with Crippen molar-refractivity contribution in [3.63, 3.8) is 0 Å². The Bertz CT molecular complexity index is 232. The van der Waals surface area contributed by atoms with Crippen molar-refractivity contribution in [2.75, 3.05) is 0 Å². The molecule has 0 aromatic rings. The maximum absolute atomic E-state index is 10.6. The fourth-order valence-electron chi connectivity index (χ4n) is 0.495. The van der Waals surface area contributed by atoms with E-state index in [1.54, 1.807) is 6.07 Å². The fourth-order valence-corrected chi connectivity index (χ4v) is 0.495. The molecule has 0 bridgehead atoms. The number of nitriles is 1. The molecule has 0 aliphatic carbocycles. The van der Waals surface area contributed by atoms with Crippen molar-refractivity contribution in [2.45, 2.75) is 6.42 Å². The van der Waals surface area contributed by atoms with Crippen LogP contribution in [0.2, 0.25) is 0 Å². The lowest BCUT2D eigenvalue weighted by atomic mass is 10.2. The van der Waals surface area contributed by atoms with Crippen molar-refractivity contribution in [1.82, 2.24) is 0 Å². The van der Waals surface area contributed by atoms with E-state index in [4.69, 9.17) is 5.26 Å². The summed E-state index contributed by atoms with van der Waals surface area (Å²) >= 11 is 0. The number of carbonyl (C=O) groups is 1. The molecular formula is C6H3N2O. The molecule has 9 heavy (non-hydrogen) atoms. The molecule has 0 N–H and O–H groups in total. The van der Waals surface area contributed by atoms with Crippen molar-refractivity contribution < 1.29 is 4.79 Å². The Kier molecular flexibility index (Phi) is 1.41. The van der Waals surface area contributed by atoms with Crippen molar-refractivity contribution >= 4 is 11.5 Å². The molecule has 3 nitrogen and oxygen atoms in total. The van der Waals surface area contributed by atoms with Crippen LogP contribution in [0.3, 0.4) is 0 Å². The van der Waals surface area contributed by atoms with Gasteiger partial charge in [0.05, 0.1) is 0 Å². The van der Waals surface area contributed by atoms with Gasteiger partial charge in [-0.3, -0.25) is 4.79 Å². The minimum absolute atomic E-state index is 0.0197. The third kappa shape index (κ3) is 1.03. The van der Waals surface area contributed by atoms with Crippen molar-refractivity contribution in [2.24, 2.45) is 4.99 Å². The quantitative estimate of drug-likeness (QED) is 0.458. The number of hydrogen-bond donors (Lipinski definition) is 0. The van der Waals surface area contributed by atoms with Crippen LogP contribution in [0.15, 0.2) is 11.2 Å². The number of allylic oxidation sites excluding steroid dienone is 1. The highest BCUT2D eigenvalue weighted by atomic mass is 16.1. The predicted octanol–water partition coefficient (Wildman–Crippen LogP) is 0.241. The lowest BCUT2D eigenvalue weighted by molar-refractivity contribution is -0.112. The zero-order valence-electron chi connectivity index (χ0n) is 4.59. The van der Waals surface area contributed by atoms with Gasteiger partial charge < -0.3 is 0 Å². The lowest BCUT2D eigenvalue weighted by Crippen LogP contribution is -2.12. The SMILES string of the molecule is N#CC1=NC=[C]CC1=O. The molecule has 3 heteroatoms. The van der Waals surface area contributed by atoms with Gasteiger partial charge >= 0.3 is 0 Å². The maximum Gasteiger partial charge on any atom is 0.196 e. The Morgan fingerprint density at radius 2 is 2.67 bits per heavy atom. The van der Waals surface area contributed by atoms with Gasteiger partial charge in [0.15, 0.2) is 11.5 Å². The molecular weight excluding hydrogens is 116 g/mol. The third-order valence-electron chi connectivity index (χ3n) is 0.918. The number of aliphatic imine (C=N–C) groups is 1. The summed E-state index contributed by atoms with van der Waals surface area (Å²) in [6.45, 7) is 0. The molecule has 1 radical (unpaired) electrons. The van der Waals surface area contributed by atoms with E-state index in [2.05, 4.69) is 11.1 Å². The Labute approximate surface area is 52.3 Å². The normalized spacial score (nSPS) is 16.8. The van der Waals surface area contributed by atoms with Crippen molar-refractivity contribution in [3.8, 4) is 6.07 Å². The second kappa shape index (κ2) is 2.23. The van der Waals surface area contributed by atoms with E-state index in [0.717, 1.165) is 0 Å². The predicted molar refractivity (Wildman–Crippen MR) is 30.5 cm³/mol. The summed E-state index contributed by atoms with van der Waals surface area (Å²) in [7, 11) is 0. The summed E-state index contributed by atoms with van der Waals surface area (Å²) in [5.41, 5.74) is -0.0197. The topological polar surface area (TPSA) is 53.2 Å². The van der Waals surface area contributed by atoms with Gasteiger partial charge in [0.2, 0.25) is 0 Å². The average molecular weight is 119 g/mol. The van der Waals surface area contributed by atoms with Crippen LogP contribution in [0, 0.1) is 17.4 Å². The number of carbonyl (C=O) groups excluding carboxylic acids is 1. The first-order valence-corrected chi connectivity index (χ1v) is 2.41. The third-order valence-corrected chi connectivity index (χ3v) is 0.918. The number of hydrogen-bond acceptors (Lipinski definition) is 3. The van der Waals surface area contributed by atoms with Gasteiger partial charge in [-0.25, -0.2) is 4.99 Å². The molecule has 1 rings (SSSR count). The van der Waals surface area contributed by atoms with Crippen molar-refractivity contribution in [3.05, 3.63) is 12.3 Å². The highest BCUT2D eigenvalue weighted by Gasteiger charge is 2.10. The minimum atomic E-state index is -0.250. The molecule has 1 aliphatic rings. The van der Waals surface area contributed by atoms with Gasteiger partial charge in [-0.1, -0.05) is 0 Å². The van der Waals surface area contributed by atoms with Gasteiger partial charge in [0.1, 0.15) is 6.07 Å². The first-order valence-electron chi connectivity index (χ1n) is 2.41. The summed E-state index contributed by atoms with van der Waals surface area (Å²) in [5, 5.41) is 8.21. The molecule has 0 saturated carbocycles. The number of ketones is 1. The molecule has 0 aromatic heterocycles. The van der Waals surface area contributed by atoms with E-state index in [1.165, 1.54) is 6.20 Å². The van der Waals surface area contributed by atoms with E-state index in [0.29, 0.717) is 0 Å². The monoisotopic (exact) mass is 119 g/mol. The molecule has 43 valence electrons. The highest BCUT2D eigenvalue weighted by molar-refractivity contribution is 6.46. The second-order valence-corrected chi connectivity index (χ2v) is 1.52. The summed E-state index contributed by atoms with van der Waals surface area (Å²) in [4.78, 5) is 14.1. The smallest absolute Gasteiger partial charge is 0.196 e. The van der Waals surface area contributed by atoms with E-state index in [1.807, 2.05) is 0 Å². The van der Waals surface area contributed by atoms with E-state index < -0.39 is 0 Å². The first-order chi connectivity index (χ1) is 4.34. The zero-order chi connectivity index (χ0) is 6.69. The highest BCUT2D eigenvalue weighted by Crippen LogP contribution is 1.95. The van der Waals surface area contributed by atoms with E-state index in [9.17, 15) is 4.79 Å². The number of rotatable bonds is 0. The van der Waals surface area contributed by atoms with Crippen LogP contribution in [0.5, 0.6) is 0 Å². The Morgan fingerprint density at radius 1 is 1.89 bits per heavy atom. The molecule has 0 atom stereocenters. The lowest BCUT2D eigenvalue weighted by Gasteiger charge is -1.94. The van der Waals surface area contributed by atoms with E-state index in [-0.39, 0.29) is 17.9 Å². The average Bonchev–Trinajstić information content (AvgIpc) is 1.89. The van der Waals surface area contributed by atoms with Gasteiger partial charge in [-0.2, -0.15) is 5.26 Å². The van der Waals surface area contributed by atoms with Crippen LogP contribution in [0.25, 0.3) is 0 Å². The van der Waals surface area contributed by atoms with Crippen LogP contribution in [-0.4, -0.2) is 11.5 Å².